The normalized spacial score (nSPS) is 11.5. The molecule has 0 N–H and O–H groups in total. The van der Waals surface area contributed by atoms with Crippen molar-refractivity contribution in [3.63, 3.8) is 0 Å². The molecule has 0 radical (unpaired) electrons. The van der Waals surface area contributed by atoms with Crippen LogP contribution in [-0.4, -0.2) is 80.8 Å². The molecule has 0 aromatic heterocycles. The van der Waals surface area contributed by atoms with Gasteiger partial charge in [0.1, 0.15) is 0 Å². The van der Waals surface area contributed by atoms with Gasteiger partial charge in [0.2, 0.25) is 0 Å². The third kappa shape index (κ3) is 16.1. The average molecular weight is 322 g/mol. The van der Waals surface area contributed by atoms with Gasteiger partial charge < -0.3 is 28.4 Å². The van der Waals surface area contributed by atoms with Gasteiger partial charge in [-0.15, -0.1) is 0 Å². The topological polar surface area (TPSA) is 55.4 Å². The summed E-state index contributed by atoms with van der Waals surface area (Å²) in [6.45, 7) is 6.15. The Labute approximate surface area is 135 Å². The lowest BCUT2D eigenvalue weighted by molar-refractivity contribution is 0.0365. The van der Waals surface area contributed by atoms with E-state index in [0.717, 1.165) is 39.1 Å². The summed E-state index contributed by atoms with van der Waals surface area (Å²) in [6.07, 6.45) is 3.06. The highest BCUT2D eigenvalue weighted by atomic mass is 16.5. The molecule has 0 unspecified atom stereocenters. The molecule has 0 bridgehead atoms. The summed E-state index contributed by atoms with van der Waals surface area (Å²) in [5.41, 5.74) is 0. The molecule has 0 aliphatic rings. The second kappa shape index (κ2) is 18.8. The lowest BCUT2D eigenvalue weighted by Gasteiger charge is -2.17. The van der Waals surface area contributed by atoms with Gasteiger partial charge >= 0.3 is 0 Å². The summed E-state index contributed by atoms with van der Waals surface area (Å²) in [5, 5.41) is 0. The highest BCUT2D eigenvalue weighted by molar-refractivity contribution is 4.59. The maximum atomic E-state index is 5.55. The minimum Gasteiger partial charge on any atom is -0.382 e. The van der Waals surface area contributed by atoms with Crippen molar-refractivity contribution in [1.29, 1.82) is 0 Å². The molecule has 0 atom stereocenters. The Balaban J connectivity index is 3.72. The first kappa shape index (κ1) is 21.8. The van der Waals surface area contributed by atoms with E-state index >= 15 is 0 Å². The van der Waals surface area contributed by atoms with Crippen LogP contribution in [0.15, 0.2) is 0 Å². The molecule has 0 saturated heterocycles. The van der Waals surface area contributed by atoms with E-state index in [4.69, 9.17) is 28.4 Å². The molecule has 0 fully saturated rings. The Hall–Kier alpha value is -0.240. The van der Waals surface area contributed by atoms with E-state index in [1.807, 2.05) is 0 Å². The SMILES string of the molecule is COCCOCCC(CCOCCOC)CCOCCOC. The number of hydrogen-bond donors (Lipinski definition) is 0. The minimum absolute atomic E-state index is 0.549. The highest BCUT2D eigenvalue weighted by Gasteiger charge is 2.09. The van der Waals surface area contributed by atoms with Crippen LogP contribution >= 0.6 is 0 Å². The zero-order chi connectivity index (χ0) is 16.3. The first-order valence-electron chi connectivity index (χ1n) is 8.05. The molecule has 134 valence electrons. The molecule has 0 saturated carbocycles. The summed E-state index contributed by atoms with van der Waals surface area (Å²) < 4.78 is 31.5. The van der Waals surface area contributed by atoms with Crippen molar-refractivity contribution in [2.24, 2.45) is 5.92 Å². The molecule has 0 aromatic carbocycles. The molecular formula is C16H34O6. The zero-order valence-corrected chi connectivity index (χ0v) is 14.5. The van der Waals surface area contributed by atoms with E-state index in [1.54, 1.807) is 21.3 Å². The molecule has 0 rings (SSSR count). The molecule has 0 aliphatic heterocycles. The Morgan fingerprint density at radius 1 is 0.455 bits per heavy atom. The van der Waals surface area contributed by atoms with Crippen LogP contribution in [0, 0.1) is 5.92 Å². The second-order valence-corrected chi connectivity index (χ2v) is 5.05. The van der Waals surface area contributed by atoms with Crippen LogP contribution in [0.3, 0.4) is 0 Å². The van der Waals surface area contributed by atoms with Gasteiger partial charge in [-0.25, -0.2) is 0 Å². The lowest BCUT2D eigenvalue weighted by Crippen LogP contribution is -2.14. The number of methoxy groups -OCH3 is 3. The van der Waals surface area contributed by atoms with Crippen molar-refractivity contribution in [2.45, 2.75) is 19.3 Å². The number of rotatable bonds is 18. The van der Waals surface area contributed by atoms with Crippen molar-refractivity contribution in [2.75, 3.05) is 80.8 Å². The van der Waals surface area contributed by atoms with Crippen LogP contribution in [0.4, 0.5) is 0 Å². The van der Waals surface area contributed by atoms with Gasteiger partial charge in [0.05, 0.1) is 39.6 Å². The van der Waals surface area contributed by atoms with Crippen LogP contribution in [0.2, 0.25) is 0 Å². The Morgan fingerprint density at radius 3 is 1.05 bits per heavy atom. The third-order valence-corrected chi connectivity index (χ3v) is 3.31. The van der Waals surface area contributed by atoms with Crippen molar-refractivity contribution in [1.82, 2.24) is 0 Å². The molecule has 0 aliphatic carbocycles. The van der Waals surface area contributed by atoms with Crippen LogP contribution in [0.1, 0.15) is 19.3 Å². The second-order valence-electron chi connectivity index (χ2n) is 5.05. The molecule has 0 heterocycles. The van der Waals surface area contributed by atoms with E-state index in [-0.39, 0.29) is 0 Å². The average Bonchev–Trinajstić information content (AvgIpc) is 2.53. The van der Waals surface area contributed by atoms with Gasteiger partial charge in [0.15, 0.2) is 0 Å². The summed E-state index contributed by atoms with van der Waals surface area (Å²) in [4.78, 5) is 0. The fourth-order valence-electron chi connectivity index (χ4n) is 1.92. The van der Waals surface area contributed by atoms with E-state index in [1.165, 1.54) is 0 Å². The van der Waals surface area contributed by atoms with Crippen LogP contribution in [-0.2, 0) is 28.4 Å². The predicted molar refractivity (Wildman–Crippen MR) is 85.4 cm³/mol. The fraction of sp³-hybridized carbons (Fsp3) is 1.00. The van der Waals surface area contributed by atoms with E-state index in [9.17, 15) is 0 Å². The zero-order valence-electron chi connectivity index (χ0n) is 14.5. The summed E-state index contributed by atoms with van der Waals surface area (Å²) >= 11 is 0. The summed E-state index contributed by atoms with van der Waals surface area (Å²) in [5.74, 6) is 0.549. The van der Waals surface area contributed by atoms with E-state index < -0.39 is 0 Å². The maximum absolute atomic E-state index is 5.55. The lowest BCUT2D eigenvalue weighted by atomic mass is 9.99. The van der Waals surface area contributed by atoms with Crippen molar-refractivity contribution >= 4 is 0 Å². The van der Waals surface area contributed by atoms with Gasteiger partial charge in [0, 0.05) is 41.2 Å². The number of hydrogen-bond acceptors (Lipinski definition) is 6. The van der Waals surface area contributed by atoms with E-state index in [2.05, 4.69) is 0 Å². The fourth-order valence-corrected chi connectivity index (χ4v) is 1.92. The third-order valence-electron chi connectivity index (χ3n) is 3.31. The minimum atomic E-state index is 0.549. The van der Waals surface area contributed by atoms with Gasteiger partial charge in [-0.1, -0.05) is 0 Å². The quantitative estimate of drug-likeness (QED) is 0.358. The number of ether oxygens (including phenoxy) is 6. The summed E-state index contributed by atoms with van der Waals surface area (Å²) in [7, 11) is 5.04. The molecule has 0 aromatic rings. The Morgan fingerprint density at radius 2 is 0.773 bits per heavy atom. The molecule has 0 amide bonds. The van der Waals surface area contributed by atoms with Gasteiger partial charge in [0.25, 0.3) is 0 Å². The van der Waals surface area contributed by atoms with Crippen molar-refractivity contribution in [3.8, 4) is 0 Å². The highest BCUT2D eigenvalue weighted by Crippen LogP contribution is 2.14. The monoisotopic (exact) mass is 322 g/mol. The molecule has 22 heavy (non-hydrogen) atoms. The predicted octanol–water partition coefficient (Wildman–Crippen LogP) is 1.76. The Bertz CT molecular complexity index is 170. The maximum Gasteiger partial charge on any atom is 0.0700 e. The van der Waals surface area contributed by atoms with E-state index in [0.29, 0.717) is 45.6 Å². The van der Waals surface area contributed by atoms with Crippen LogP contribution in [0.25, 0.3) is 0 Å². The first-order valence-corrected chi connectivity index (χ1v) is 8.05. The largest absolute Gasteiger partial charge is 0.382 e. The van der Waals surface area contributed by atoms with Gasteiger partial charge in [-0.05, 0) is 25.2 Å². The van der Waals surface area contributed by atoms with Crippen molar-refractivity contribution in [3.05, 3.63) is 0 Å². The molecule has 6 heteroatoms. The van der Waals surface area contributed by atoms with Crippen LogP contribution in [0.5, 0.6) is 0 Å². The molecule has 0 spiro atoms. The molecule has 6 nitrogen and oxygen atoms in total. The molecular weight excluding hydrogens is 288 g/mol. The summed E-state index contributed by atoms with van der Waals surface area (Å²) in [6, 6.07) is 0. The Kier molecular flexibility index (Phi) is 18.6. The van der Waals surface area contributed by atoms with Crippen LogP contribution < -0.4 is 0 Å². The first-order chi connectivity index (χ1) is 10.8. The van der Waals surface area contributed by atoms with Crippen molar-refractivity contribution < 1.29 is 28.4 Å². The van der Waals surface area contributed by atoms with Gasteiger partial charge in [-0.2, -0.15) is 0 Å². The van der Waals surface area contributed by atoms with Gasteiger partial charge in [-0.3, -0.25) is 0 Å². The standard InChI is InChI=1S/C16H34O6/c1-17-10-13-20-7-4-16(5-8-21-14-11-18-2)6-9-22-15-12-19-3/h16H,4-15H2,1-3H3. The smallest absolute Gasteiger partial charge is 0.0700 e.